The molecule has 8 heteroatoms. The van der Waals surface area contributed by atoms with Gasteiger partial charge in [0.2, 0.25) is 0 Å². The number of hydrogen-bond acceptors (Lipinski definition) is 4. The Morgan fingerprint density at radius 2 is 1.94 bits per heavy atom. The monoisotopic (exact) mass is 450 g/mol. The number of carbonyl (C=O) groups is 2. The molecule has 1 aliphatic heterocycles. The Morgan fingerprint density at radius 3 is 2.75 bits per heavy atom. The minimum atomic E-state index is -0.367. The Labute approximate surface area is 190 Å². The van der Waals surface area contributed by atoms with Crippen molar-refractivity contribution in [1.82, 2.24) is 10.3 Å². The van der Waals surface area contributed by atoms with Gasteiger partial charge in [-0.25, -0.2) is 14.2 Å². The molecule has 2 N–H and O–H groups in total. The molecule has 0 aliphatic carbocycles. The van der Waals surface area contributed by atoms with Crippen LogP contribution in [0.15, 0.2) is 59.6 Å². The van der Waals surface area contributed by atoms with Crippen LogP contribution in [0.4, 0.5) is 20.6 Å². The van der Waals surface area contributed by atoms with Crippen molar-refractivity contribution in [3.8, 4) is 0 Å². The smallest absolute Gasteiger partial charge is 0.326 e. The van der Waals surface area contributed by atoms with Crippen molar-refractivity contribution in [3.05, 3.63) is 82.8 Å². The zero-order chi connectivity index (χ0) is 22.7. The Hall–Kier alpha value is -3.39. The van der Waals surface area contributed by atoms with Gasteiger partial charge in [-0.3, -0.25) is 9.69 Å². The normalized spacial score (nSPS) is 12.8. The maximum absolute atomic E-state index is 13.8. The van der Waals surface area contributed by atoms with Gasteiger partial charge in [0, 0.05) is 41.4 Å². The third-order valence-electron chi connectivity index (χ3n) is 5.12. The summed E-state index contributed by atoms with van der Waals surface area (Å²) in [5.74, 6) is 0.0443. The number of thioether (sulfide) groups is 1. The van der Waals surface area contributed by atoms with E-state index in [0.29, 0.717) is 23.4 Å². The van der Waals surface area contributed by atoms with Crippen LogP contribution in [0.3, 0.4) is 0 Å². The number of anilines is 2. The summed E-state index contributed by atoms with van der Waals surface area (Å²) in [6, 6.07) is 14.7. The second kappa shape index (κ2) is 9.40. The van der Waals surface area contributed by atoms with Gasteiger partial charge in [-0.05, 0) is 49.7 Å². The number of halogens is 1. The fourth-order valence-corrected chi connectivity index (χ4v) is 4.71. The topological polar surface area (TPSA) is 74.3 Å². The summed E-state index contributed by atoms with van der Waals surface area (Å²) in [5.41, 5.74) is 4.03. The average Bonchev–Trinajstić information content (AvgIpc) is 2.78. The number of carbonyl (C=O) groups excluding carboxylic acids is 2. The number of fused-ring (bicyclic) bond motifs is 1. The number of rotatable bonds is 4. The number of urea groups is 1. The molecule has 164 valence electrons. The highest BCUT2D eigenvalue weighted by molar-refractivity contribution is 7.99. The highest BCUT2D eigenvalue weighted by Crippen LogP contribution is 2.36. The van der Waals surface area contributed by atoms with Crippen LogP contribution < -0.4 is 15.5 Å². The first-order valence-corrected chi connectivity index (χ1v) is 11.2. The minimum absolute atomic E-state index is 0.0794. The summed E-state index contributed by atoms with van der Waals surface area (Å²) in [6.07, 6.45) is 0. The largest absolute Gasteiger partial charge is 0.348 e. The molecule has 1 aromatic heterocycles. The summed E-state index contributed by atoms with van der Waals surface area (Å²) in [5, 5.41) is 6.45. The Bertz CT molecular complexity index is 1180. The highest BCUT2D eigenvalue weighted by atomic mass is 32.2. The average molecular weight is 451 g/mol. The van der Waals surface area contributed by atoms with Gasteiger partial charge in [0.05, 0.1) is 5.69 Å². The van der Waals surface area contributed by atoms with Gasteiger partial charge in [0.1, 0.15) is 10.8 Å². The van der Waals surface area contributed by atoms with Crippen LogP contribution in [0.5, 0.6) is 0 Å². The van der Waals surface area contributed by atoms with Crippen molar-refractivity contribution in [2.45, 2.75) is 25.4 Å². The van der Waals surface area contributed by atoms with Gasteiger partial charge in [-0.15, -0.1) is 11.8 Å². The summed E-state index contributed by atoms with van der Waals surface area (Å²) in [7, 11) is 0. The van der Waals surface area contributed by atoms with Gasteiger partial charge >= 0.3 is 6.03 Å². The lowest BCUT2D eigenvalue weighted by molar-refractivity contribution is 0.0950. The lowest BCUT2D eigenvalue weighted by atomic mass is 10.1. The van der Waals surface area contributed by atoms with E-state index in [-0.39, 0.29) is 24.3 Å². The predicted molar refractivity (Wildman–Crippen MR) is 125 cm³/mol. The standard InChI is InChI=1S/C24H23FN4O2S/c1-15-12-16(2)27-23-21(15)29(10-11-32-23)24(31)28-19-8-5-7-17(13-19)22(30)26-14-18-6-3-4-9-20(18)25/h3-9,12-13H,10-11,14H2,1-2H3,(H,26,30)(H,28,31). The minimum Gasteiger partial charge on any atom is -0.348 e. The van der Waals surface area contributed by atoms with Crippen molar-refractivity contribution in [2.24, 2.45) is 0 Å². The van der Waals surface area contributed by atoms with Gasteiger partial charge in [0.25, 0.3) is 5.91 Å². The van der Waals surface area contributed by atoms with Crippen molar-refractivity contribution in [1.29, 1.82) is 0 Å². The van der Waals surface area contributed by atoms with Crippen LogP contribution in [0.25, 0.3) is 0 Å². The molecule has 0 fully saturated rings. The van der Waals surface area contributed by atoms with Crippen molar-refractivity contribution in [2.75, 3.05) is 22.5 Å². The van der Waals surface area contributed by atoms with Crippen molar-refractivity contribution >= 4 is 35.1 Å². The third kappa shape index (κ3) is 4.75. The molecule has 3 aromatic rings. The number of hydrogen-bond donors (Lipinski definition) is 2. The zero-order valence-corrected chi connectivity index (χ0v) is 18.6. The molecule has 0 bridgehead atoms. The second-order valence-electron chi connectivity index (χ2n) is 7.52. The predicted octanol–water partition coefficient (Wildman–Crippen LogP) is 4.91. The first-order valence-electron chi connectivity index (χ1n) is 10.2. The maximum Gasteiger partial charge on any atom is 0.326 e. The Balaban J connectivity index is 1.46. The molecule has 0 spiro atoms. The Kier molecular flexibility index (Phi) is 6.41. The van der Waals surface area contributed by atoms with Gasteiger partial charge in [0.15, 0.2) is 0 Å². The van der Waals surface area contributed by atoms with E-state index in [0.717, 1.165) is 27.7 Å². The Morgan fingerprint density at radius 1 is 1.12 bits per heavy atom. The van der Waals surface area contributed by atoms with Crippen molar-refractivity contribution in [3.63, 3.8) is 0 Å². The third-order valence-corrected chi connectivity index (χ3v) is 6.07. The summed E-state index contributed by atoms with van der Waals surface area (Å²) < 4.78 is 13.8. The molecule has 0 saturated carbocycles. The fourth-order valence-electron chi connectivity index (χ4n) is 3.62. The highest BCUT2D eigenvalue weighted by Gasteiger charge is 2.26. The quantitative estimate of drug-likeness (QED) is 0.592. The van der Waals surface area contributed by atoms with E-state index in [4.69, 9.17) is 0 Å². The molecule has 0 saturated heterocycles. The van der Waals surface area contributed by atoms with Crippen LogP contribution in [-0.2, 0) is 6.54 Å². The number of pyridine rings is 1. The summed E-state index contributed by atoms with van der Waals surface area (Å²) in [6.45, 7) is 4.56. The fraction of sp³-hybridized carbons (Fsp3) is 0.208. The van der Waals surface area contributed by atoms with Gasteiger partial charge in [-0.1, -0.05) is 24.3 Å². The van der Waals surface area contributed by atoms with E-state index in [9.17, 15) is 14.0 Å². The van der Waals surface area contributed by atoms with Gasteiger partial charge in [-0.2, -0.15) is 0 Å². The molecule has 0 atom stereocenters. The van der Waals surface area contributed by atoms with E-state index in [1.165, 1.54) is 6.07 Å². The lowest BCUT2D eigenvalue weighted by Crippen LogP contribution is -2.39. The summed E-state index contributed by atoms with van der Waals surface area (Å²) in [4.78, 5) is 31.8. The molecule has 0 radical (unpaired) electrons. The van der Waals surface area contributed by atoms with E-state index in [2.05, 4.69) is 15.6 Å². The molecule has 4 rings (SSSR count). The molecule has 2 aromatic carbocycles. The van der Waals surface area contributed by atoms with E-state index in [1.807, 2.05) is 19.9 Å². The molecule has 2 heterocycles. The molecular formula is C24H23FN4O2S. The molecule has 32 heavy (non-hydrogen) atoms. The van der Waals surface area contributed by atoms with Crippen LogP contribution in [0.2, 0.25) is 0 Å². The number of amides is 3. The van der Waals surface area contributed by atoms with Crippen molar-refractivity contribution < 1.29 is 14.0 Å². The van der Waals surface area contributed by atoms with Crippen LogP contribution in [0.1, 0.15) is 27.2 Å². The van der Waals surface area contributed by atoms with Crippen LogP contribution >= 0.6 is 11.8 Å². The first kappa shape index (κ1) is 21.8. The lowest BCUT2D eigenvalue weighted by Gasteiger charge is -2.30. The SMILES string of the molecule is Cc1cc(C)c2c(n1)SCCN2C(=O)Nc1cccc(C(=O)NCc2ccccc2F)c1. The second-order valence-corrected chi connectivity index (χ2v) is 8.60. The number of nitrogens with one attached hydrogen (secondary N) is 2. The maximum atomic E-state index is 13.8. The molecule has 1 aliphatic rings. The molecular weight excluding hydrogens is 427 g/mol. The summed E-state index contributed by atoms with van der Waals surface area (Å²) >= 11 is 1.64. The number of nitrogens with zero attached hydrogens (tertiary/aromatic N) is 2. The number of benzene rings is 2. The van der Waals surface area contributed by atoms with Crippen LogP contribution in [-0.4, -0.2) is 29.2 Å². The van der Waals surface area contributed by atoms with Crippen LogP contribution in [0, 0.1) is 19.7 Å². The number of aryl methyl sites for hydroxylation is 2. The van der Waals surface area contributed by atoms with E-state index < -0.39 is 0 Å². The molecule has 0 unspecified atom stereocenters. The first-order chi connectivity index (χ1) is 15.4. The van der Waals surface area contributed by atoms with E-state index >= 15 is 0 Å². The van der Waals surface area contributed by atoms with Gasteiger partial charge < -0.3 is 10.6 Å². The molecule has 3 amide bonds. The molecule has 6 nitrogen and oxygen atoms in total. The zero-order valence-electron chi connectivity index (χ0n) is 17.8. The number of aromatic nitrogens is 1. The van der Waals surface area contributed by atoms with E-state index in [1.54, 1.807) is 59.1 Å².